The number of nitrogen functional groups attached to an aromatic ring is 1. The van der Waals surface area contributed by atoms with E-state index >= 15 is 0 Å². The number of nitrogens with two attached hydrogens (primary N) is 1. The molecule has 19 heteroatoms. The van der Waals surface area contributed by atoms with Crippen LogP contribution in [0.5, 0.6) is 0 Å². The summed E-state index contributed by atoms with van der Waals surface area (Å²) in [6, 6.07) is 16.3. The van der Waals surface area contributed by atoms with E-state index in [4.69, 9.17) is 15.2 Å². The summed E-state index contributed by atoms with van der Waals surface area (Å²) in [7, 11) is 3.60. The maximum atomic E-state index is 12.1. The van der Waals surface area contributed by atoms with Gasteiger partial charge in [-0.05, 0) is 84.0 Å². The van der Waals surface area contributed by atoms with Gasteiger partial charge in [0.15, 0.2) is 23.5 Å². The van der Waals surface area contributed by atoms with Crippen molar-refractivity contribution in [2.24, 2.45) is 4.99 Å². The zero-order valence-corrected chi connectivity index (χ0v) is 31.6. The number of aliphatic imine (C=N–C) groups is 1. The van der Waals surface area contributed by atoms with E-state index in [0.29, 0.717) is 24.4 Å². The van der Waals surface area contributed by atoms with Crippen LogP contribution in [-0.2, 0) is 14.0 Å². The number of ether oxygens (including phenoxy) is 2. The Bertz CT molecular complexity index is 1770. The molecule has 0 atom stereocenters. The molecule has 0 aliphatic carbocycles. The number of nitrogens with zero attached hydrogens (tertiary/aromatic N) is 6. The second kappa shape index (κ2) is 20.3. The summed E-state index contributed by atoms with van der Waals surface area (Å²) in [4.78, 5) is 41.2. The van der Waals surface area contributed by atoms with Crippen LogP contribution < -0.4 is 5.73 Å². The fraction of sp³-hybridized carbons (Fsp3) is 0.241. The van der Waals surface area contributed by atoms with Crippen molar-refractivity contribution < 1.29 is 28.4 Å². The van der Waals surface area contributed by atoms with E-state index in [1.807, 2.05) is 42.5 Å². The Morgan fingerprint density at radius 3 is 1.90 bits per heavy atom. The van der Waals surface area contributed by atoms with Gasteiger partial charge in [-0.25, -0.2) is 23.9 Å². The Hall–Kier alpha value is -3.20. The lowest BCUT2D eigenvalue weighted by atomic mass is 10.2. The number of halogens is 5. The predicted molar refractivity (Wildman–Crippen MR) is 198 cm³/mol. The molecule has 0 bridgehead atoms. The lowest BCUT2D eigenvalue weighted by Gasteiger charge is -2.06. The number of carbonyl (C=O) groups excluding carboxylic acids is 3. The monoisotopic (exact) mass is 869 g/mol. The highest BCUT2D eigenvalue weighted by molar-refractivity contribution is 9.10. The van der Waals surface area contributed by atoms with Crippen LogP contribution in [-0.4, -0.2) is 76.3 Å². The second-order valence-electron chi connectivity index (χ2n) is 8.99. The first-order chi connectivity index (χ1) is 22.1. The minimum Gasteiger partial charge on any atom is -0.461 e. The fourth-order valence-corrected chi connectivity index (χ4v) is 4.25. The third-order valence-corrected chi connectivity index (χ3v) is 6.21. The van der Waals surface area contributed by atoms with Gasteiger partial charge < -0.3 is 20.1 Å². The number of carbonyl (C=O) groups is 3. The van der Waals surface area contributed by atoms with Crippen molar-refractivity contribution in [2.75, 3.05) is 33.0 Å². The molecule has 0 aliphatic rings. The number of benzene rings is 2. The van der Waals surface area contributed by atoms with Gasteiger partial charge in [0.25, 0.3) is 0 Å². The van der Waals surface area contributed by atoms with E-state index < -0.39 is 17.1 Å². The Morgan fingerprint density at radius 1 is 0.938 bits per heavy atom. The maximum Gasteiger partial charge on any atom is 0.359 e. The van der Waals surface area contributed by atoms with E-state index in [2.05, 4.69) is 80.8 Å². The number of hydrogen-bond donors (Lipinski definition) is 1. The van der Waals surface area contributed by atoms with Gasteiger partial charge in [0.2, 0.25) is 0 Å². The van der Waals surface area contributed by atoms with Crippen molar-refractivity contribution >= 4 is 107 Å². The zero-order valence-electron chi connectivity index (χ0n) is 25.3. The lowest BCUT2D eigenvalue weighted by molar-refractivity contribution is 0.0509. The van der Waals surface area contributed by atoms with Crippen LogP contribution >= 0.6 is 70.8 Å². The molecule has 4 rings (SSSR count). The minimum absolute atomic E-state index is 0. The normalized spacial score (nSPS) is 10.5. The molecule has 2 aromatic heterocycles. The molecule has 2 aromatic carbocycles. The van der Waals surface area contributed by atoms with Crippen molar-refractivity contribution in [3.05, 3.63) is 80.5 Å². The highest BCUT2D eigenvalue weighted by Gasteiger charge is 2.24. The zero-order chi connectivity index (χ0) is 35.3. The van der Waals surface area contributed by atoms with E-state index in [1.54, 1.807) is 38.9 Å². The predicted octanol–water partition coefficient (Wildman–Crippen LogP) is 8.69. The highest BCUT2D eigenvalue weighted by Crippen LogP contribution is 2.61. The molecule has 0 amide bonds. The number of esters is 2. The van der Waals surface area contributed by atoms with Crippen LogP contribution in [0.4, 0.5) is 11.6 Å². The molecule has 0 radical (unpaired) electrons. The van der Waals surface area contributed by atoms with Crippen molar-refractivity contribution in [2.45, 2.75) is 21.3 Å². The Morgan fingerprint density at radius 2 is 1.44 bits per heavy atom. The molecule has 0 unspecified atom stereocenters. The molecule has 260 valence electrons. The molecular formula is C29H33Br2Cl3N7O6P. The van der Waals surface area contributed by atoms with Crippen LogP contribution in [0.3, 0.4) is 0 Å². The summed E-state index contributed by atoms with van der Waals surface area (Å²) in [5.41, 5.74) is 7.51. The molecule has 0 aliphatic heterocycles. The smallest absolute Gasteiger partial charge is 0.359 e. The van der Waals surface area contributed by atoms with Crippen LogP contribution in [0.25, 0.3) is 11.4 Å². The highest BCUT2D eigenvalue weighted by atomic mass is 79.9. The van der Waals surface area contributed by atoms with Crippen molar-refractivity contribution in [3.8, 4) is 11.4 Å². The van der Waals surface area contributed by atoms with Gasteiger partial charge in [0.05, 0.1) is 36.5 Å². The Labute approximate surface area is 309 Å². The molecular weight excluding hydrogens is 840 g/mol. The number of hydrogen-bond acceptors (Lipinski definition) is 10. The van der Waals surface area contributed by atoms with Gasteiger partial charge >= 0.3 is 17.1 Å². The number of aromatic nitrogens is 4. The quantitative estimate of drug-likeness (QED) is 0.0566. The van der Waals surface area contributed by atoms with E-state index in [1.165, 1.54) is 21.8 Å². The minimum atomic E-state index is -3.22. The van der Waals surface area contributed by atoms with Crippen LogP contribution in [0.1, 0.15) is 52.6 Å². The van der Waals surface area contributed by atoms with Crippen molar-refractivity contribution in [1.29, 1.82) is 0 Å². The largest absolute Gasteiger partial charge is 0.461 e. The fourth-order valence-electron chi connectivity index (χ4n) is 3.48. The molecule has 0 spiro atoms. The standard InChI is InChI=1S/C16H17BrN4O3.C12H12BrN3O2.CH4.Cl3OP/c1-4-24-16(23)14-13(9-22)15(18-10-20(2)3)21(19-14)12-7-5-6-11(17)8-12;1-2-18-12(17)10-7-11(14)16(15-10)9-5-3-4-8(13)6-9;;1-5(2,3)4/h5-10H,4H2,1-3H3;3-7H,2,14H2,1H3;1H4;. The van der Waals surface area contributed by atoms with Crippen LogP contribution in [0.15, 0.2) is 68.5 Å². The van der Waals surface area contributed by atoms with Crippen LogP contribution in [0, 0.1) is 0 Å². The molecule has 0 saturated carbocycles. The van der Waals surface area contributed by atoms with Gasteiger partial charge in [-0.3, -0.25) is 9.36 Å². The van der Waals surface area contributed by atoms with E-state index in [0.717, 1.165) is 14.6 Å². The third-order valence-electron chi connectivity index (χ3n) is 5.22. The SMILES string of the molecule is C.CCOC(=O)c1cc(N)n(-c2cccc(Br)c2)n1.CCOC(=O)c1nn(-c2cccc(Br)c2)c(N=CN(C)C)c1C=O.O=P(Cl)(Cl)Cl. The first-order valence-corrected chi connectivity index (χ1v) is 19.3. The number of rotatable bonds is 9. The maximum absolute atomic E-state index is 12.1. The molecule has 2 N–H and O–H groups in total. The Balaban J connectivity index is 0.000000424. The summed E-state index contributed by atoms with van der Waals surface area (Å²) < 4.78 is 24.1. The van der Waals surface area contributed by atoms with Gasteiger partial charge in [-0.2, -0.15) is 10.2 Å². The van der Waals surface area contributed by atoms with Gasteiger partial charge in [0.1, 0.15) is 5.82 Å². The van der Waals surface area contributed by atoms with Crippen LogP contribution in [0.2, 0.25) is 0 Å². The molecule has 2 heterocycles. The van der Waals surface area contributed by atoms with E-state index in [9.17, 15) is 18.9 Å². The molecule has 4 aromatic rings. The summed E-state index contributed by atoms with van der Waals surface area (Å²) >= 11 is 20.6. The topological polar surface area (TPSA) is 164 Å². The summed E-state index contributed by atoms with van der Waals surface area (Å²) in [5.74, 6) is -0.483. The van der Waals surface area contributed by atoms with Gasteiger partial charge in [0, 0.05) is 29.1 Å². The van der Waals surface area contributed by atoms with E-state index in [-0.39, 0.29) is 36.8 Å². The molecule has 48 heavy (non-hydrogen) atoms. The average molecular weight is 873 g/mol. The van der Waals surface area contributed by atoms with Gasteiger partial charge in [-0.15, -0.1) is 0 Å². The summed E-state index contributed by atoms with van der Waals surface area (Å²) in [6.07, 6.45) is 2.10. The first-order valence-electron chi connectivity index (χ1n) is 13.3. The first kappa shape index (κ1) is 42.8. The second-order valence-corrected chi connectivity index (χ2v) is 17.5. The summed E-state index contributed by atoms with van der Waals surface area (Å²) in [6.45, 7) is 3.93. The third kappa shape index (κ3) is 13.7. The molecule has 13 nitrogen and oxygen atoms in total. The Kier molecular flexibility index (Phi) is 18.1. The average Bonchev–Trinajstić information content (AvgIpc) is 3.56. The number of anilines is 1. The van der Waals surface area contributed by atoms with Crippen molar-refractivity contribution in [1.82, 2.24) is 24.5 Å². The molecule has 0 saturated heterocycles. The lowest BCUT2D eigenvalue weighted by Crippen LogP contribution is -2.08. The molecule has 0 fully saturated rings. The summed E-state index contributed by atoms with van der Waals surface area (Å²) in [5, 5.41) is 5.16. The van der Waals surface area contributed by atoms with Gasteiger partial charge in [-0.1, -0.05) is 51.4 Å². The number of aldehydes is 1. The van der Waals surface area contributed by atoms with Crippen molar-refractivity contribution in [3.63, 3.8) is 0 Å².